The van der Waals surface area contributed by atoms with Crippen LogP contribution in [0.2, 0.25) is 0 Å². The van der Waals surface area contributed by atoms with E-state index >= 15 is 0 Å². The highest BCUT2D eigenvalue weighted by Gasteiger charge is 2.26. The van der Waals surface area contributed by atoms with E-state index in [0.717, 1.165) is 24.4 Å². The molecule has 0 bridgehead atoms. The first-order valence-electron chi connectivity index (χ1n) is 8.79. The number of amides is 1. The smallest absolute Gasteiger partial charge is 0.246 e. The van der Waals surface area contributed by atoms with Gasteiger partial charge in [0.2, 0.25) is 5.91 Å². The van der Waals surface area contributed by atoms with Gasteiger partial charge in [0.1, 0.15) is 16.6 Å². The van der Waals surface area contributed by atoms with Crippen molar-refractivity contribution in [3.63, 3.8) is 0 Å². The molecule has 5 nitrogen and oxygen atoms in total. The largest absolute Gasteiger partial charge is 0.465 e. The molecule has 0 spiro atoms. The molecule has 1 amide bonds. The monoisotopic (exact) mass is 383 g/mol. The second kappa shape index (κ2) is 7.84. The van der Waals surface area contributed by atoms with Crippen LogP contribution in [0, 0.1) is 5.82 Å². The standard InChI is InChI=1S/C20H18FN3O2S/c21-17-8-2-1-7-16(17)20-23-22-19(27-20)14-5-3-11-24(13-14)18(25)10-9-15-6-4-12-26-15/h1-2,4,6-10,12,14H,3,5,11,13H2/b10-9+/t14-/m0/s1. The molecule has 1 fully saturated rings. The van der Waals surface area contributed by atoms with Crippen molar-refractivity contribution in [1.29, 1.82) is 0 Å². The van der Waals surface area contributed by atoms with Crippen LogP contribution < -0.4 is 0 Å². The Bertz CT molecular complexity index is 952. The van der Waals surface area contributed by atoms with Gasteiger partial charge in [0.15, 0.2) is 5.01 Å². The molecule has 7 heteroatoms. The van der Waals surface area contributed by atoms with E-state index in [4.69, 9.17) is 4.42 Å². The first kappa shape index (κ1) is 17.6. The normalized spacial score (nSPS) is 17.5. The van der Waals surface area contributed by atoms with Crippen LogP contribution in [0.25, 0.3) is 16.6 Å². The van der Waals surface area contributed by atoms with Crippen LogP contribution in [0.1, 0.15) is 29.5 Å². The summed E-state index contributed by atoms with van der Waals surface area (Å²) in [4.78, 5) is 14.3. The summed E-state index contributed by atoms with van der Waals surface area (Å²) < 4.78 is 19.2. The van der Waals surface area contributed by atoms with E-state index in [1.54, 1.807) is 42.7 Å². The van der Waals surface area contributed by atoms with Crippen molar-refractivity contribution in [3.05, 3.63) is 65.3 Å². The van der Waals surface area contributed by atoms with E-state index in [0.29, 0.717) is 22.9 Å². The van der Waals surface area contributed by atoms with Gasteiger partial charge in [0.25, 0.3) is 0 Å². The summed E-state index contributed by atoms with van der Waals surface area (Å²) in [6, 6.07) is 10.1. The predicted molar refractivity (Wildman–Crippen MR) is 102 cm³/mol. The van der Waals surface area contributed by atoms with Gasteiger partial charge in [-0.25, -0.2) is 4.39 Å². The molecule has 27 heavy (non-hydrogen) atoms. The van der Waals surface area contributed by atoms with Gasteiger partial charge in [-0.05, 0) is 43.2 Å². The van der Waals surface area contributed by atoms with Gasteiger partial charge in [-0.3, -0.25) is 4.79 Å². The van der Waals surface area contributed by atoms with Gasteiger partial charge in [-0.2, -0.15) is 0 Å². The maximum Gasteiger partial charge on any atom is 0.246 e. The van der Waals surface area contributed by atoms with E-state index in [2.05, 4.69) is 10.2 Å². The minimum absolute atomic E-state index is 0.0463. The first-order valence-corrected chi connectivity index (χ1v) is 9.61. The molecule has 1 aliphatic heterocycles. The molecule has 0 aliphatic carbocycles. The molecule has 2 aromatic heterocycles. The average molecular weight is 383 g/mol. The van der Waals surface area contributed by atoms with Crippen LogP contribution in [0.15, 0.2) is 53.2 Å². The number of aromatic nitrogens is 2. The lowest BCUT2D eigenvalue weighted by Gasteiger charge is -2.30. The maximum atomic E-state index is 14.0. The molecule has 0 unspecified atom stereocenters. The summed E-state index contributed by atoms with van der Waals surface area (Å²) in [6.07, 6.45) is 6.63. The van der Waals surface area contributed by atoms with Crippen molar-refractivity contribution in [2.24, 2.45) is 0 Å². The minimum atomic E-state index is -0.302. The highest BCUT2D eigenvalue weighted by atomic mass is 32.1. The SMILES string of the molecule is O=C(/C=C/c1ccco1)N1CCC[C@H](c2nnc(-c3ccccc3F)s2)C1. The van der Waals surface area contributed by atoms with Crippen molar-refractivity contribution < 1.29 is 13.6 Å². The van der Waals surface area contributed by atoms with E-state index < -0.39 is 0 Å². The average Bonchev–Trinajstić information content (AvgIpc) is 3.39. The molecule has 3 heterocycles. The summed E-state index contributed by atoms with van der Waals surface area (Å²) in [7, 11) is 0. The Morgan fingerprint density at radius 1 is 1.26 bits per heavy atom. The molecule has 0 radical (unpaired) electrons. The zero-order valence-electron chi connectivity index (χ0n) is 14.5. The number of furan rings is 1. The highest BCUT2D eigenvalue weighted by Crippen LogP contribution is 2.33. The number of likely N-dealkylation sites (tertiary alicyclic amines) is 1. The van der Waals surface area contributed by atoms with Crippen molar-refractivity contribution in [3.8, 4) is 10.6 Å². The van der Waals surface area contributed by atoms with Crippen molar-refractivity contribution in [2.45, 2.75) is 18.8 Å². The summed E-state index contributed by atoms with van der Waals surface area (Å²) in [5.74, 6) is 0.423. The Hall–Kier alpha value is -2.80. The number of carbonyl (C=O) groups excluding carboxylic acids is 1. The van der Waals surface area contributed by atoms with Crippen LogP contribution in [0.5, 0.6) is 0 Å². The second-order valence-electron chi connectivity index (χ2n) is 6.40. The Morgan fingerprint density at radius 3 is 2.96 bits per heavy atom. The molecule has 138 valence electrons. The number of hydrogen-bond donors (Lipinski definition) is 0. The van der Waals surface area contributed by atoms with Crippen LogP contribution >= 0.6 is 11.3 Å². The lowest BCUT2D eigenvalue weighted by molar-refractivity contribution is -0.127. The van der Waals surface area contributed by atoms with Crippen LogP contribution in [-0.2, 0) is 4.79 Å². The van der Waals surface area contributed by atoms with Crippen LogP contribution in [0.3, 0.4) is 0 Å². The molecule has 3 aromatic rings. The summed E-state index contributed by atoms with van der Waals surface area (Å²) in [6.45, 7) is 1.31. The quantitative estimate of drug-likeness (QED) is 0.628. The van der Waals surface area contributed by atoms with Gasteiger partial charge in [0, 0.05) is 30.6 Å². The third-order valence-corrected chi connectivity index (χ3v) is 5.68. The first-order chi connectivity index (χ1) is 13.2. The second-order valence-corrected chi connectivity index (χ2v) is 7.41. The van der Waals surface area contributed by atoms with Gasteiger partial charge in [-0.15, -0.1) is 10.2 Å². The van der Waals surface area contributed by atoms with E-state index in [9.17, 15) is 9.18 Å². The zero-order valence-corrected chi connectivity index (χ0v) is 15.4. The van der Waals surface area contributed by atoms with Crippen molar-refractivity contribution >= 4 is 23.3 Å². The number of halogens is 1. The fraction of sp³-hybridized carbons (Fsp3) is 0.250. The Morgan fingerprint density at radius 2 is 2.15 bits per heavy atom. The number of nitrogens with zero attached hydrogens (tertiary/aromatic N) is 3. The molecule has 1 aliphatic rings. The van der Waals surface area contributed by atoms with Gasteiger partial charge < -0.3 is 9.32 Å². The van der Waals surface area contributed by atoms with Gasteiger partial charge in [-0.1, -0.05) is 23.5 Å². The topological polar surface area (TPSA) is 59.2 Å². The van der Waals surface area contributed by atoms with E-state index in [-0.39, 0.29) is 17.6 Å². The molecule has 0 saturated carbocycles. The predicted octanol–water partition coefficient (Wildman–Crippen LogP) is 4.36. The number of carbonyl (C=O) groups is 1. The minimum Gasteiger partial charge on any atom is -0.465 e. The van der Waals surface area contributed by atoms with Crippen molar-refractivity contribution in [2.75, 3.05) is 13.1 Å². The van der Waals surface area contributed by atoms with Gasteiger partial charge >= 0.3 is 0 Å². The fourth-order valence-corrected chi connectivity index (χ4v) is 4.16. The maximum absolute atomic E-state index is 14.0. The lowest BCUT2D eigenvalue weighted by Crippen LogP contribution is -2.38. The molecule has 0 N–H and O–H groups in total. The van der Waals surface area contributed by atoms with Gasteiger partial charge in [0.05, 0.1) is 6.26 Å². The summed E-state index contributed by atoms with van der Waals surface area (Å²) >= 11 is 1.40. The molecular weight excluding hydrogens is 365 g/mol. The molecular formula is C20H18FN3O2S. The molecule has 1 saturated heterocycles. The number of benzene rings is 1. The molecule has 1 atom stereocenters. The lowest BCUT2D eigenvalue weighted by atomic mass is 9.99. The summed E-state index contributed by atoms with van der Waals surface area (Å²) in [5, 5.41) is 9.85. The molecule has 1 aromatic carbocycles. The van der Waals surface area contributed by atoms with Crippen LogP contribution in [0.4, 0.5) is 4.39 Å². The van der Waals surface area contributed by atoms with Crippen molar-refractivity contribution in [1.82, 2.24) is 15.1 Å². The number of hydrogen-bond acceptors (Lipinski definition) is 5. The summed E-state index contributed by atoms with van der Waals surface area (Å²) in [5.41, 5.74) is 0.464. The third kappa shape index (κ3) is 3.98. The van der Waals surface area contributed by atoms with E-state index in [1.165, 1.54) is 23.5 Å². The number of piperidine rings is 1. The third-order valence-electron chi connectivity index (χ3n) is 4.56. The molecule has 4 rings (SSSR count). The highest BCUT2D eigenvalue weighted by molar-refractivity contribution is 7.14. The van der Waals surface area contributed by atoms with Crippen LogP contribution in [-0.4, -0.2) is 34.1 Å². The number of rotatable bonds is 4. The zero-order chi connectivity index (χ0) is 18.6. The Balaban J connectivity index is 1.46. The Labute approximate surface area is 160 Å². The fourth-order valence-electron chi connectivity index (χ4n) is 3.17. The Kier molecular flexibility index (Phi) is 5.11. The van der Waals surface area contributed by atoms with E-state index in [1.807, 2.05) is 4.90 Å².